The fraction of sp³-hybridized carbons (Fsp3) is 0.917. The van der Waals surface area contributed by atoms with E-state index >= 15 is 0 Å². The Bertz CT molecular complexity index is 275. The minimum Gasteiger partial charge on any atom is -0.336 e. The highest BCUT2D eigenvalue weighted by molar-refractivity contribution is 5.81. The van der Waals surface area contributed by atoms with Crippen molar-refractivity contribution >= 4 is 5.91 Å². The summed E-state index contributed by atoms with van der Waals surface area (Å²) in [5, 5.41) is 0. The van der Waals surface area contributed by atoms with Crippen LogP contribution >= 0.6 is 0 Å². The molecular formula is C12H19NO. The predicted octanol–water partition coefficient (Wildman–Crippen LogP) is 2.19. The van der Waals surface area contributed by atoms with Crippen molar-refractivity contribution < 1.29 is 4.79 Å². The maximum absolute atomic E-state index is 11.9. The summed E-state index contributed by atoms with van der Waals surface area (Å²) in [5.74, 6) is 1.89. The lowest BCUT2D eigenvalue weighted by Gasteiger charge is -2.43. The molecule has 2 heteroatoms. The quantitative estimate of drug-likeness (QED) is 0.577. The van der Waals surface area contributed by atoms with Crippen LogP contribution in [0.2, 0.25) is 0 Å². The molecule has 2 aliphatic heterocycles. The molecule has 2 heterocycles. The van der Waals surface area contributed by atoms with Gasteiger partial charge in [-0.1, -0.05) is 19.8 Å². The van der Waals surface area contributed by atoms with E-state index in [9.17, 15) is 4.79 Å². The predicted molar refractivity (Wildman–Crippen MR) is 54.8 cm³/mol. The standard InChI is InChI=1S/C12H19NO/c1-9-5-7-13-11(14)8-10-4-2-3-6-12(9,10)13/h9-10H,2-8H2,1H3/t9-,10-,12+/m0/s1. The first-order valence-electron chi connectivity index (χ1n) is 6.05. The van der Waals surface area contributed by atoms with Gasteiger partial charge in [-0.15, -0.1) is 0 Å². The molecule has 1 amide bonds. The molecule has 0 radical (unpaired) electrons. The minimum absolute atomic E-state index is 0.315. The molecule has 0 bridgehead atoms. The van der Waals surface area contributed by atoms with Gasteiger partial charge < -0.3 is 4.90 Å². The molecule has 3 rings (SSSR count). The van der Waals surface area contributed by atoms with Crippen molar-refractivity contribution in [3.8, 4) is 0 Å². The van der Waals surface area contributed by atoms with Gasteiger partial charge in [0.05, 0.1) is 0 Å². The van der Waals surface area contributed by atoms with Gasteiger partial charge in [-0.2, -0.15) is 0 Å². The Morgan fingerprint density at radius 2 is 2.21 bits per heavy atom. The largest absolute Gasteiger partial charge is 0.336 e. The first-order valence-corrected chi connectivity index (χ1v) is 6.05. The molecule has 1 spiro atoms. The first kappa shape index (κ1) is 8.75. The molecule has 0 aromatic rings. The van der Waals surface area contributed by atoms with Crippen LogP contribution in [0.5, 0.6) is 0 Å². The van der Waals surface area contributed by atoms with Gasteiger partial charge in [0.2, 0.25) is 5.91 Å². The molecule has 2 nitrogen and oxygen atoms in total. The summed E-state index contributed by atoms with van der Waals surface area (Å²) in [6.07, 6.45) is 7.36. The lowest BCUT2D eigenvalue weighted by atomic mass is 9.68. The average Bonchev–Trinajstić information content (AvgIpc) is 2.63. The lowest BCUT2D eigenvalue weighted by molar-refractivity contribution is -0.130. The Morgan fingerprint density at radius 1 is 1.36 bits per heavy atom. The van der Waals surface area contributed by atoms with Crippen molar-refractivity contribution in [2.24, 2.45) is 11.8 Å². The van der Waals surface area contributed by atoms with Crippen molar-refractivity contribution in [3.63, 3.8) is 0 Å². The third-order valence-electron chi connectivity index (χ3n) is 4.95. The van der Waals surface area contributed by atoms with E-state index in [4.69, 9.17) is 0 Å². The number of hydrogen-bond acceptors (Lipinski definition) is 1. The second kappa shape index (κ2) is 2.74. The summed E-state index contributed by atoms with van der Waals surface area (Å²) in [5.41, 5.74) is 0.315. The summed E-state index contributed by atoms with van der Waals surface area (Å²) in [7, 11) is 0. The zero-order valence-electron chi connectivity index (χ0n) is 8.96. The molecule has 14 heavy (non-hydrogen) atoms. The van der Waals surface area contributed by atoms with Crippen molar-refractivity contribution in [1.82, 2.24) is 4.90 Å². The zero-order valence-corrected chi connectivity index (χ0v) is 8.96. The molecule has 3 atom stereocenters. The highest BCUT2D eigenvalue weighted by Gasteiger charge is 2.58. The van der Waals surface area contributed by atoms with Gasteiger partial charge in [0.1, 0.15) is 0 Å². The smallest absolute Gasteiger partial charge is 0.223 e. The lowest BCUT2D eigenvalue weighted by Crippen LogP contribution is -2.49. The van der Waals surface area contributed by atoms with Gasteiger partial charge in [-0.05, 0) is 31.1 Å². The molecule has 3 fully saturated rings. The van der Waals surface area contributed by atoms with Gasteiger partial charge in [-0.25, -0.2) is 0 Å². The van der Waals surface area contributed by atoms with Crippen LogP contribution in [0.15, 0.2) is 0 Å². The maximum atomic E-state index is 11.9. The Labute approximate surface area is 85.7 Å². The van der Waals surface area contributed by atoms with E-state index in [1.54, 1.807) is 0 Å². The third-order valence-corrected chi connectivity index (χ3v) is 4.95. The summed E-state index contributed by atoms with van der Waals surface area (Å²) >= 11 is 0. The van der Waals surface area contributed by atoms with E-state index in [2.05, 4.69) is 11.8 Å². The van der Waals surface area contributed by atoms with Crippen LogP contribution in [0.1, 0.15) is 45.4 Å². The number of rotatable bonds is 0. The maximum Gasteiger partial charge on any atom is 0.223 e. The molecule has 0 aromatic carbocycles. The number of carbonyl (C=O) groups excluding carboxylic acids is 1. The highest BCUT2D eigenvalue weighted by Crippen LogP contribution is 2.54. The minimum atomic E-state index is 0.315. The van der Waals surface area contributed by atoms with E-state index in [0.29, 0.717) is 17.4 Å². The number of carbonyl (C=O) groups is 1. The molecule has 0 aromatic heterocycles. The highest BCUT2D eigenvalue weighted by atomic mass is 16.2. The van der Waals surface area contributed by atoms with Crippen LogP contribution in [0, 0.1) is 11.8 Å². The van der Waals surface area contributed by atoms with Crippen molar-refractivity contribution in [2.45, 2.75) is 51.0 Å². The van der Waals surface area contributed by atoms with Gasteiger partial charge >= 0.3 is 0 Å². The average molecular weight is 193 g/mol. The van der Waals surface area contributed by atoms with Crippen molar-refractivity contribution in [1.29, 1.82) is 0 Å². The van der Waals surface area contributed by atoms with Gasteiger partial charge in [0.25, 0.3) is 0 Å². The summed E-state index contributed by atoms with van der Waals surface area (Å²) in [4.78, 5) is 14.1. The Morgan fingerprint density at radius 3 is 3.07 bits per heavy atom. The van der Waals surface area contributed by atoms with Crippen molar-refractivity contribution in [2.75, 3.05) is 6.54 Å². The van der Waals surface area contributed by atoms with Crippen LogP contribution in [-0.2, 0) is 4.79 Å². The number of amides is 1. The summed E-state index contributed by atoms with van der Waals surface area (Å²) in [6, 6.07) is 0. The van der Waals surface area contributed by atoms with Gasteiger partial charge in [0, 0.05) is 18.5 Å². The summed E-state index contributed by atoms with van der Waals surface area (Å²) in [6.45, 7) is 3.40. The van der Waals surface area contributed by atoms with Gasteiger partial charge in [0.15, 0.2) is 0 Å². The van der Waals surface area contributed by atoms with Crippen LogP contribution < -0.4 is 0 Å². The second-order valence-electron chi connectivity index (χ2n) is 5.37. The molecule has 78 valence electrons. The molecule has 2 saturated heterocycles. The normalized spacial score (nSPS) is 46.6. The van der Waals surface area contributed by atoms with E-state index in [1.807, 2.05) is 0 Å². The Kier molecular flexibility index (Phi) is 1.71. The van der Waals surface area contributed by atoms with Crippen LogP contribution in [-0.4, -0.2) is 22.9 Å². The molecule has 0 N–H and O–H groups in total. The fourth-order valence-electron chi connectivity index (χ4n) is 4.26. The first-order chi connectivity index (χ1) is 6.75. The Hall–Kier alpha value is -0.530. The fourth-order valence-corrected chi connectivity index (χ4v) is 4.26. The number of nitrogens with zero attached hydrogens (tertiary/aromatic N) is 1. The van der Waals surface area contributed by atoms with E-state index < -0.39 is 0 Å². The zero-order chi connectivity index (χ0) is 9.76. The molecule has 1 aliphatic carbocycles. The van der Waals surface area contributed by atoms with Crippen LogP contribution in [0.4, 0.5) is 0 Å². The third kappa shape index (κ3) is 0.850. The molecule has 0 unspecified atom stereocenters. The second-order valence-corrected chi connectivity index (χ2v) is 5.37. The number of hydrogen-bond donors (Lipinski definition) is 0. The molecular weight excluding hydrogens is 174 g/mol. The monoisotopic (exact) mass is 193 g/mol. The van der Waals surface area contributed by atoms with E-state index in [1.165, 1.54) is 32.1 Å². The van der Waals surface area contributed by atoms with Gasteiger partial charge in [-0.3, -0.25) is 4.79 Å². The van der Waals surface area contributed by atoms with Crippen molar-refractivity contribution in [3.05, 3.63) is 0 Å². The van der Waals surface area contributed by atoms with Crippen LogP contribution in [0.3, 0.4) is 0 Å². The summed E-state index contributed by atoms with van der Waals surface area (Å²) < 4.78 is 0. The van der Waals surface area contributed by atoms with Crippen LogP contribution in [0.25, 0.3) is 0 Å². The molecule has 1 saturated carbocycles. The SMILES string of the molecule is C[C@H]1CCN2C(=O)C[C@@H]3CCCC[C@]312. The topological polar surface area (TPSA) is 20.3 Å². The molecule has 3 aliphatic rings. The van der Waals surface area contributed by atoms with E-state index in [0.717, 1.165) is 18.9 Å². The van der Waals surface area contributed by atoms with E-state index in [-0.39, 0.29) is 0 Å². The Balaban J connectivity index is 2.02.